The minimum Gasteiger partial charge on any atom is -0.478 e. The molecular weight excluding hydrogens is 356 g/mol. The zero-order valence-electron chi connectivity index (χ0n) is 16.9. The molecule has 0 radical (unpaired) electrons. The summed E-state index contributed by atoms with van der Waals surface area (Å²) in [7, 11) is 0. The number of rotatable bonds is 13. The van der Waals surface area contributed by atoms with Crippen LogP contribution in [0.15, 0.2) is 30.3 Å². The Morgan fingerprint density at radius 3 is 2.29 bits per heavy atom. The summed E-state index contributed by atoms with van der Waals surface area (Å²) in [6, 6.07) is 6.05. The summed E-state index contributed by atoms with van der Waals surface area (Å²) in [5, 5.41) is 14.4. The van der Waals surface area contributed by atoms with Gasteiger partial charge in [-0.1, -0.05) is 58.1 Å². The van der Waals surface area contributed by atoms with Crippen molar-refractivity contribution in [2.24, 2.45) is 0 Å². The van der Waals surface area contributed by atoms with Crippen LogP contribution in [0.2, 0.25) is 0 Å². The number of benzene rings is 1. The fourth-order valence-electron chi connectivity index (χ4n) is 2.71. The highest BCUT2D eigenvalue weighted by atomic mass is 16.4. The molecule has 0 fully saturated rings. The highest BCUT2D eigenvalue weighted by Crippen LogP contribution is 2.10. The van der Waals surface area contributed by atoms with E-state index in [1.54, 1.807) is 24.3 Å². The highest BCUT2D eigenvalue weighted by Gasteiger charge is 2.20. The molecule has 2 amide bonds. The number of hydrogen-bond acceptors (Lipinski definition) is 3. The molecule has 154 valence electrons. The summed E-state index contributed by atoms with van der Waals surface area (Å²) < 4.78 is 0. The third-order valence-electron chi connectivity index (χ3n) is 4.39. The Morgan fingerprint density at radius 1 is 1.00 bits per heavy atom. The average molecular weight is 389 g/mol. The van der Waals surface area contributed by atoms with Gasteiger partial charge in [-0.15, -0.1) is 0 Å². The Kier molecular flexibility index (Phi) is 11.3. The summed E-state index contributed by atoms with van der Waals surface area (Å²) in [5.74, 6) is -1.47. The van der Waals surface area contributed by atoms with E-state index in [0.29, 0.717) is 24.1 Å². The Bertz CT molecular complexity index is 653. The summed E-state index contributed by atoms with van der Waals surface area (Å²) in [6.45, 7) is 4.80. The molecule has 3 N–H and O–H groups in total. The minimum atomic E-state index is -1.03. The van der Waals surface area contributed by atoms with Crippen molar-refractivity contribution < 1.29 is 19.5 Å². The summed E-state index contributed by atoms with van der Waals surface area (Å²) in [5.41, 5.74) is 1.12. The van der Waals surface area contributed by atoms with E-state index in [2.05, 4.69) is 24.5 Å². The summed E-state index contributed by atoms with van der Waals surface area (Å²) in [4.78, 5) is 35.6. The number of aliphatic carboxylic acids is 1. The number of carboxylic acids is 1. The van der Waals surface area contributed by atoms with E-state index in [1.807, 2.05) is 0 Å². The lowest BCUT2D eigenvalue weighted by Crippen LogP contribution is -2.47. The first kappa shape index (κ1) is 23.4. The number of hydrogen-bond donors (Lipinski definition) is 3. The van der Waals surface area contributed by atoms with Crippen LogP contribution in [0.25, 0.3) is 6.08 Å². The Hall–Kier alpha value is -2.63. The Balaban J connectivity index is 2.71. The van der Waals surface area contributed by atoms with Crippen molar-refractivity contribution >= 4 is 23.9 Å². The molecule has 0 aliphatic rings. The predicted octanol–water partition coefficient (Wildman–Crippen LogP) is 3.77. The van der Waals surface area contributed by atoms with E-state index in [1.165, 1.54) is 6.08 Å². The molecule has 0 saturated carbocycles. The molecule has 6 heteroatoms. The minimum absolute atomic E-state index is 0.140. The molecular formula is C22H32N2O4. The largest absolute Gasteiger partial charge is 0.478 e. The molecule has 6 nitrogen and oxygen atoms in total. The highest BCUT2D eigenvalue weighted by molar-refractivity contribution is 5.97. The first-order chi connectivity index (χ1) is 13.5. The maximum Gasteiger partial charge on any atom is 0.328 e. The summed E-state index contributed by atoms with van der Waals surface area (Å²) >= 11 is 0. The first-order valence-electron chi connectivity index (χ1n) is 10.1. The van der Waals surface area contributed by atoms with Crippen molar-refractivity contribution in [1.29, 1.82) is 0 Å². The van der Waals surface area contributed by atoms with Crippen molar-refractivity contribution in [3.63, 3.8) is 0 Å². The number of carbonyl (C=O) groups excluding carboxylic acids is 2. The molecule has 0 aliphatic carbocycles. The monoisotopic (exact) mass is 388 g/mol. The second kappa shape index (κ2) is 13.5. The zero-order chi connectivity index (χ0) is 20.8. The Labute approximate surface area is 167 Å². The smallest absolute Gasteiger partial charge is 0.328 e. The third kappa shape index (κ3) is 9.35. The molecule has 0 heterocycles. The number of nitrogens with one attached hydrogen (secondary N) is 2. The van der Waals surface area contributed by atoms with Crippen LogP contribution < -0.4 is 10.6 Å². The molecule has 1 aromatic carbocycles. The maximum atomic E-state index is 12.6. The van der Waals surface area contributed by atoms with Crippen LogP contribution in [0.4, 0.5) is 0 Å². The van der Waals surface area contributed by atoms with Crippen molar-refractivity contribution in [3.05, 3.63) is 41.5 Å². The molecule has 1 atom stereocenters. The maximum absolute atomic E-state index is 12.6. The number of unbranched alkanes of at least 4 members (excludes halogenated alkanes) is 4. The number of amides is 2. The van der Waals surface area contributed by atoms with E-state index in [-0.39, 0.29) is 11.8 Å². The lowest BCUT2D eigenvalue weighted by Gasteiger charge is -2.18. The fraction of sp³-hybridized carbons (Fsp3) is 0.500. The van der Waals surface area contributed by atoms with Gasteiger partial charge in [0.25, 0.3) is 5.91 Å². The van der Waals surface area contributed by atoms with Crippen LogP contribution in [-0.2, 0) is 9.59 Å². The molecule has 1 rings (SSSR count). The zero-order valence-corrected chi connectivity index (χ0v) is 16.9. The molecule has 1 aromatic rings. The van der Waals surface area contributed by atoms with Crippen LogP contribution in [0.3, 0.4) is 0 Å². The van der Waals surface area contributed by atoms with Gasteiger partial charge in [-0.3, -0.25) is 9.59 Å². The van der Waals surface area contributed by atoms with Crippen LogP contribution >= 0.6 is 0 Å². The lowest BCUT2D eigenvalue weighted by molar-refractivity contribution is -0.131. The second-order valence-electron chi connectivity index (χ2n) is 6.81. The average Bonchev–Trinajstić information content (AvgIpc) is 2.69. The first-order valence-corrected chi connectivity index (χ1v) is 10.1. The van der Waals surface area contributed by atoms with Gasteiger partial charge in [0.15, 0.2) is 0 Å². The van der Waals surface area contributed by atoms with Crippen LogP contribution in [0.5, 0.6) is 0 Å². The molecule has 0 bridgehead atoms. The lowest BCUT2D eigenvalue weighted by atomic mass is 10.1. The number of carboxylic acid groups (broad SMARTS) is 1. The molecule has 0 spiro atoms. The molecule has 0 saturated heterocycles. The van der Waals surface area contributed by atoms with Gasteiger partial charge in [-0.05, 0) is 36.6 Å². The summed E-state index contributed by atoms with van der Waals surface area (Å²) in [6.07, 6.45) is 9.18. The quantitative estimate of drug-likeness (QED) is 0.354. The van der Waals surface area contributed by atoms with Crippen molar-refractivity contribution in [1.82, 2.24) is 10.6 Å². The van der Waals surface area contributed by atoms with E-state index < -0.39 is 12.0 Å². The van der Waals surface area contributed by atoms with Gasteiger partial charge in [0.05, 0.1) is 0 Å². The van der Waals surface area contributed by atoms with E-state index >= 15 is 0 Å². The van der Waals surface area contributed by atoms with E-state index in [4.69, 9.17) is 5.11 Å². The van der Waals surface area contributed by atoms with Gasteiger partial charge >= 0.3 is 5.97 Å². The van der Waals surface area contributed by atoms with Gasteiger partial charge in [0.2, 0.25) is 5.91 Å². The molecule has 1 unspecified atom stereocenters. The Morgan fingerprint density at radius 2 is 1.68 bits per heavy atom. The van der Waals surface area contributed by atoms with Gasteiger partial charge in [-0.25, -0.2) is 4.79 Å². The van der Waals surface area contributed by atoms with Gasteiger partial charge in [0.1, 0.15) is 6.04 Å². The second-order valence-corrected chi connectivity index (χ2v) is 6.81. The molecule has 0 aromatic heterocycles. The topological polar surface area (TPSA) is 95.5 Å². The van der Waals surface area contributed by atoms with Gasteiger partial charge < -0.3 is 15.7 Å². The SMILES string of the molecule is CCCCCCC(NC(=O)c1ccc(/C=C/C(=O)O)cc1)C(=O)NCCCC. The fourth-order valence-corrected chi connectivity index (χ4v) is 2.71. The predicted molar refractivity (Wildman–Crippen MR) is 111 cm³/mol. The van der Waals surface area contributed by atoms with Gasteiger partial charge in [0, 0.05) is 18.2 Å². The van der Waals surface area contributed by atoms with Crippen molar-refractivity contribution in [3.8, 4) is 0 Å². The standard InChI is InChI=1S/C22H32N2O4/c1-3-5-7-8-9-19(22(28)23-16-6-4-2)24-21(27)18-13-10-17(11-14-18)12-15-20(25)26/h10-15,19H,3-9,16H2,1-2H3,(H,23,28)(H,24,27)(H,25,26)/b15-12+. The van der Waals surface area contributed by atoms with Gasteiger partial charge in [-0.2, -0.15) is 0 Å². The van der Waals surface area contributed by atoms with Crippen LogP contribution in [0.1, 0.15) is 74.7 Å². The van der Waals surface area contributed by atoms with Crippen molar-refractivity contribution in [2.45, 2.75) is 64.8 Å². The third-order valence-corrected chi connectivity index (χ3v) is 4.39. The number of carbonyl (C=O) groups is 3. The van der Waals surface area contributed by atoms with Crippen LogP contribution in [-0.4, -0.2) is 35.5 Å². The van der Waals surface area contributed by atoms with Crippen LogP contribution in [0, 0.1) is 0 Å². The van der Waals surface area contributed by atoms with E-state index in [9.17, 15) is 14.4 Å². The van der Waals surface area contributed by atoms with Crippen molar-refractivity contribution in [2.75, 3.05) is 6.54 Å². The molecule has 0 aliphatic heterocycles. The normalized spacial score (nSPS) is 11.9. The van der Waals surface area contributed by atoms with E-state index in [0.717, 1.165) is 44.6 Å². The molecule has 28 heavy (non-hydrogen) atoms.